The Morgan fingerprint density at radius 2 is 2.00 bits per heavy atom. The van der Waals surface area contributed by atoms with Crippen LogP contribution in [0.4, 0.5) is 0 Å². The van der Waals surface area contributed by atoms with Gasteiger partial charge in [-0.3, -0.25) is 9.80 Å². The van der Waals surface area contributed by atoms with Crippen molar-refractivity contribution in [2.45, 2.75) is 19.4 Å². The largest absolute Gasteiger partial charge is 0.459 e. The van der Waals surface area contributed by atoms with Crippen molar-refractivity contribution in [2.24, 2.45) is 0 Å². The number of hydrogen-bond donors (Lipinski definition) is 0. The van der Waals surface area contributed by atoms with E-state index in [0.717, 1.165) is 50.7 Å². The van der Waals surface area contributed by atoms with Crippen molar-refractivity contribution in [3.05, 3.63) is 36.1 Å². The van der Waals surface area contributed by atoms with E-state index in [4.69, 9.17) is 9.15 Å². The smallest absolute Gasteiger partial charge is 0.134 e. The van der Waals surface area contributed by atoms with Gasteiger partial charge >= 0.3 is 0 Å². The van der Waals surface area contributed by atoms with Gasteiger partial charge in [-0.25, -0.2) is 0 Å². The lowest BCUT2D eigenvalue weighted by atomic mass is 10.2. The van der Waals surface area contributed by atoms with Crippen LogP contribution in [0.3, 0.4) is 0 Å². The standard InChI is InChI=1S/C18H26N2O2/c1-15(18-14-16-6-3-4-7-17(16)22-18)19(2)8-5-9-20-10-12-21-13-11-20/h3-4,6-7,14-15H,5,8-13H2,1-2H3. The Morgan fingerprint density at radius 1 is 1.23 bits per heavy atom. The Bertz CT molecular complexity index is 557. The van der Waals surface area contributed by atoms with E-state index < -0.39 is 0 Å². The molecule has 0 bridgehead atoms. The quantitative estimate of drug-likeness (QED) is 0.819. The van der Waals surface area contributed by atoms with Gasteiger partial charge in [0.25, 0.3) is 0 Å². The molecule has 120 valence electrons. The van der Waals surface area contributed by atoms with Crippen LogP contribution < -0.4 is 0 Å². The van der Waals surface area contributed by atoms with Crippen LogP contribution in [0.15, 0.2) is 34.7 Å². The summed E-state index contributed by atoms with van der Waals surface area (Å²) >= 11 is 0. The van der Waals surface area contributed by atoms with Gasteiger partial charge in [-0.2, -0.15) is 0 Å². The molecule has 3 rings (SSSR count). The van der Waals surface area contributed by atoms with Gasteiger partial charge in [0.05, 0.1) is 19.3 Å². The highest BCUT2D eigenvalue weighted by Crippen LogP contribution is 2.26. The molecule has 1 aromatic heterocycles. The number of fused-ring (bicyclic) bond motifs is 1. The third-order valence-electron chi connectivity index (χ3n) is 4.61. The molecule has 0 aliphatic carbocycles. The number of benzene rings is 1. The minimum Gasteiger partial charge on any atom is -0.459 e. The van der Waals surface area contributed by atoms with Crippen LogP contribution in [0.1, 0.15) is 25.1 Å². The minimum atomic E-state index is 0.303. The van der Waals surface area contributed by atoms with Crippen LogP contribution >= 0.6 is 0 Å². The summed E-state index contributed by atoms with van der Waals surface area (Å²) in [6.07, 6.45) is 1.18. The molecule has 0 radical (unpaired) electrons. The molecule has 0 amide bonds. The van der Waals surface area contributed by atoms with Gasteiger partial charge in [-0.1, -0.05) is 18.2 Å². The first-order chi connectivity index (χ1) is 10.7. The number of morpholine rings is 1. The Labute approximate surface area is 132 Å². The zero-order valence-electron chi connectivity index (χ0n) is 13.6. The van der Waals surface area contributed by atoms with Crippen LogP contribution in [0.5, 0.6) is 0 Å². The molecule has 1 atom stereocenters. The number of para-hydroxylation sites is 1. The number of furan rings is 1. The highest BCUT2D eigenvalue weighted by Gasteiger charge is 2.16. The summed E-state index contributed by atoms with van der Waals surface area (Å²) in [5.74, 6) is 1.05. The summed E-state index contributed by atoms with van der Waals surface area (Å²) in [5, 5.41) is 1.19. The third kappa shape index (κ3) is 3.69. The molecule has 4 heteroatoms. The van der Waals surface area contributed by atoms with Gasteiger partial charge < -0.3 is 9.15 Å². The molecular formula is C18H26N2O2. The maximum Gasteiger partial charge on any atom is 0.134 e. The molecule has 22 heavy (non-hydrogen) atoms. The summed E-state index contributed by atoms with van der Waals surface area (Å²) in [4.78, 5) is 4.86. The fourth-order valence-corrected chi connectivity index (χ4v) is 2.99. The fourth-order valence-electron chi connectivity index (χ4n) is 2.99. The number of ether oxygens (including phenoxy) is 1. The van der Waals surface area contributed by atoms with Crippen LogP contribution in [0.25, 0.3) is 11.0 Å². The molecular weight excluding hydrogens is 276 g/mol. The molecule has 1 aliphatic rings. The molecule has 4 nitrogen and oxygen atoms in total. The van der Waals surface area contributed by atoms with Crippen LogP contribution in [0.2, 0.25) is 0 Å². The first-order valence-corrected chi connectivity index (χ1v) is 8.23. The summed E-state index contributed by atoms with van der Waals surface area (Å²) in [7, 11) is 2.18. The molecule has 2 aromatic rings. The first kappa shape index (κ1) is 15.5. The van der Waals surface area contributed by atoms with Gasteiger partial charge in [0.15, 0.2) is 0 Å². The molecule has 0 saturated carbocycles. The van der Waals surface area contributed by atoms with Crippen LogP contribution in [-0.2, 0) is 4.74 Å². The maximum absolute atomic E-state index is 5.98. The second-order valence-electron chi connectivity index (χ2n) is 6.15. The average Bonchev–Trinajstić information content (AvgIpc) is 2.99. The van der Waals surface area contributed by atoms with Crippen molar-refractivity contribution in [2.75, 3.05) is 46.4 Å². The van der Waals surface area contributed by atoms with Crippen LogP contribution in [0, 0.1) is 0 Å². The highest BCUT2D eigenvalue weighted by molar-refractivity contribution is 5.77. The lowest BCUT2D eigenvalue weighted by Crippen LogP contribution is -2.38. The molecule has 1 fully saturated rings. The topological polar surface area (TPSA) is 28.9 Å². The van der Waals surface area contributed by atoms with E-state index in [1.54, 1.807) is 0 Å². The van der Waals surface area contributed by atoms with Gasteiger partial charge in [0.2, 0.25) is 0 Å². The van der Waals surface area contributed by atoms with Crippen molar-refractivity contribution >= 4 is 11.0 Å². The molecule has 1 unspecified atom stereocenters. The normalized spacial score (nSPS) is 18.1. The summed E-state index contributed by atoms with van der Waals surface area (Å²) in [5.41, 5.74) is 0.978. The van der Waals surface area contributed by atoms with Gasteiger partial charge in [-0.15, -0.1) is 0 Å². The number of nitrogens with zero attached hydrogens (tertiary/aromatic N) is 2. The van der Waals surface area contributed by atoms with Crippen molar-refractivity contribution in [1.82, 2.24) is 9.80 Å². The van der Waals surface area contributed by atoms with Gasteiger partial charge in [0.1, 0.15) is 11.3 Å². The van der Waals surface area contributed by atoms with E-state index >= 15 is 0 Å². The monoisotopic (exact) mass is 302 g/mol. The van der Waals surface area contributed by atoms with E-state index in [1.807, 2.05) is 12.1 Å². The van der Waals surface area contributed by atoms with E-state index in [2.05, 4.69) is 42.0 Å². The second kappa shape index (κ2) is 7.27. The van der Waals surface area contributed by atoms with Crippen molar-refractivity contribution in [1.29, 1.82) is 0 Å². The lowest BCUT2D eigenvalue weighted by molar-refractivity contribution is 0.0359. The fraction of sp³-hybridized carbons (Fsp3) is 0.556. The first-order valence-electron chi connectivity index (χ1n) is 8.23. The summed E-state index contributed by atoms with van der Waals surface area (Å²) in [6.45, 7) is 8.35. The van der Waals surface area contributed by atoms with Crippen molar-refractivity contribution in [3.8, 4) is 0 Å². The van der Waals surface area contributed by atoms with E-state index in [1.165, 1.54) is 11.8 Å². The second-order valence-corrected chi connectivity index (χ2v) is 6.15. The predicted molar refractivity (Wildman–Crippen MR) is 89.1 cm³/mol. The SMILES string of the molecule is CC(c1cc2ccccc2o1)N(C)CCCN1CCOCC1. The predicted octanol–water partition coefficient (Wildman–Crippen LogP) is 3.15. The van der Waals surface area contributed by atoms with E-state index in [9.17, 15) is 0 Å². The van der Waals surface area contributed by atoms with Crippen LogP contribution in [-0.4, -0.2) is 56.2 Å². The Balaban J connectivity index is 1.51. The molecule has 1 saturated heterocycles. The van der Waals surface area contributed by atoms with Gasteiger partial charge in [-0.05, 0) is 45.6 Å². The Hall–Kier alpha value is -1.36. The molecule has 1 aliphatic heterocycles. The third-order valence-corrected chi connectivity index (χ3v) is 4.61. The zero-order valence-corrected chi connectivity index (χ0v) is 13.6. The molecule has 2 heterocycles. The average molecular weight is 302 g/mol. The minimum absolute atomic E-state index is 0.303. The lowest BCUT2D eigenvalue weighted by Gasteiger charge is -2.28. The zero-order chi connectivity index (χ0) is 15.4. The van der Waals surface area contributed by atoms with Gasteiger partial charge in [0, 0.05) is 18.5 Å². The van der Waals surface area contributed by atoms with E-state index in [-0.39, 0.29) is 0 Å². The summed E-state index contributed by atoms with van der Waals surface area (Å²) < 4.78 is 11.4. The summed E-state index contributed by atoms with van der Waals surface area (Å²) in [6, 6.07) is 10.7. The van der Waals surface area contributed by atoms with Crippen molar-refractivity contribution < 1.29 is 9.15 Å². The maximum atomic E-state index is 5.98. The highest BCUT2D eigenvalue weighted by atomic mass is 16.5. The molecule has 0 N–H and O–H groups in total. The number of rotatable bonds is 6. The molecule has 0 spiro atoms. The van der Waals surface area contributed by atoms with E-state index in [0.29, 0.717) is 6.04 Å². The number of hydrogen-bond acceptors (Lipinski definition) is 4. The Kier molecular flexibility index (Phi) is 5.13. The Morgan fingerprint density at radius 3 is 2.77 bits per heavy atom. The van der Waals surface area contributed by atoms with Crippen molar-refractivity contribution in [3.63, 3.8) is 0 Å². The molecule has 1 aromatic carbocycles.